The quantitative estimate of drug-likeness (QED) is 0.386. The van der Waals surface area contributed by atoms with Gasteiger partial charge in [-0.2, -0.15) is 26.3 Å². The van der Waals surface area contributed by atoms with E-state index in [4.69, 9.17) is 0 Å². The van der Waals surface area contributed by atoms with Gasteiger partial charge in [-0.25, -0.2) is 16.8 Å². The minimum Gasteiger partial charge on any atom is -0.421 e. The molecule has 0 aromatic carbocycles. The number of likely N-dealkylation sites (N-methyl/N-ethyl adjacent to an activating group) is 1. The summed E-state index contributed by atoms with van der Waals surface area (Å²) < 4.78 is 110. The molecule has 6 nitrogen and oxygen atoms in total. The normalized spacial score (nSPS) is 13.7. The third-order valence-corrected chi connectivity index (χ3v) is 4.77. The van der Waals surface area contributed by atoms with Gasteiger partial charge in [0.15, 0.2) is 20.0 Å². The first-order valence-corrected chi connectivity index (χ1v) is 8.61. The molecular weight excluding hydrogens is 390 g/mol. The maximum atomic E-state index is 11.4. The zero-order chi connectivity index (χ0) is 20.0. The van der Waals surface area contributed by atoms with Gasteiger partial charge in [0.1, 0.15) is 0 Å². The van der Waals surface area contributed by atoms with Crippen LogP contribution in [-0.2, 0) is 20.0 Å². The molecule has 0 rings (SSSR count). The Morgan fingerprint density at radius 1 is 0.833 bits per heavy atom. The van der Waals surface area contributed by atoms with Gasteiger partial charge < -0.3 is 8.61 Å². The van der Waals surface area contributed by atoms with Crippen LogP contribution in [0, 0.1) is 0 Å². The van der Waals surface area contributed by atoms with E-state index in [1.165, 1.54) is 0 Å². The zero-order valence-electron chi connectivity index (χ0n) is 12.6. The van der Waals surface area contributed by atoms with E-state index < -0.39 is 31.1 Å². The summed E-state index contributed by atoms with van der Waals surface area (Å²) in [4.78, 5) is 0. The van der Waals surface area contributed by atoms with Crippen molar-refractivity contribution in [3.8, 4) is 0 Å². The minimum atomic E-state index is -6.72. The Morgan fingerprint density at radius 3 is 1.25 bits per heavy atom. The molecule has 0 saturated heterocycles. The Bertz CT molecular complexity index is 581. The lowest BCUT2D eigenvalue weighted by Gasteiger charge is -2.26. The van der Waals surface area contributed by atoms with E-state index in [-0.39, 0.29) is 0 Å². The van der Waals surface area contributed by atoms with E-state index in [0.717, 1.165) is 21.7 Å². The van der Waals surface area contributed by atoms with Gasteiger partial charge in [-0.1, -0.05) is 13.2 Å². The molecule has 24 heavy (non-hydrogen) atoms. The highest BCUT2D eigenvalue weighted by Crippen LogP contribution is 2.36. The molecule has 0 aliphatic heterocycles. The molecule has 0 N–H and O–H groups in total. The van der Waals surface area contributed by atoms with E-state index in [2.05, 4.69) is 27.3 Å². The zero-order valence-corrected chi connectivity index (χ0v) is 14.2. The maximum absolute atomic E-state index is 11.4. The molecule has 0 radical (unpaired) electrons. The predicted octanol–water partition coefficient (Wildman–Crippen LogP) is 2.49. The fraction of sp³-hybridized carbons (Fsp3) is 0.600. The Hall–Kier alpha value is -1.12. The van der Waals surface area contributed by atoms with Crippen molar-refractivity contribution in [2.24, 2.45) is 0 Å². The molecule has 0 bridgehead atoms. The molecule has 0 spiro atoms. The summed E-state index contributed by atoms with van der Waals surface area (Å²) in [5.41, 5.74) is -12.4. The van der Waals surface area contributed by atoms with Crippen LogP contribution in [0.5, 0.6) is 0 Å². The molecule has 0 fully saturated rings. The number of halogens is 6. The summed E-state index contributed by atoms with van der Waals surface area (Å²) in [7, 11) is -9.13. The van der Waals surface area contributed by atoms with Crippen molar-refractivity contribution in [3.63, 3.8) is 0 Å². The van der Waals surface area contributed by atoms with Crippen molar-refractivity contribution in [3.05, 3.63) is 29.4 Å². The Kier molecular flexibility index (Phi) is 8.70. The second-order valence-corrected chi connectivity index (χ2v) is 8.22. The molecule has 0 aromatic rings. The number of hydrogen-bond acceptors (Lipinski definition) is 4. The lowest BCUT2D eigenvalue weighted by Crippen LogP contribution is -2.39. The molecule has 0 aromatic heterocycles. The molecule has 0 amide bonds. The van der Waals surface area contributed by atoms with E-state index in [1.54, 1.807) is 0 Å². The number of quaternary nitrogens is 1. The second-order valence-electron chi connectivity index (χ2n) is 4.79. The van der Waals surface area contributed by atoms with Crippen molar-refractivity contribution >= 4 is 20.0 Å². The van der Waals surface area contributed by atoms with E-state index in [1.807, 2.05) is 12.2 Å². The highest BCUT2D eigenvalue weighted by molar-refractivity contribution is 8.13. The molecule has 0 unspecified atom stereocenters. The smallest absolute Gasteiger partial charge is 0.421 e. The van der Waals surface area contributed by atoms with Gasteiger partial charge in [-0.3, -0.25) is 0 Å². The topological polar surface area (TPSA) is 82.4 Å². The number of hydrogen-bond donors (Lipinski definition) is 0. The molecule has 0 saturated carbocycles. The van der Waals surface area contributed by atoms with Crippen molar-refractivity contribution < 1.29 is 47.7 Å². The van der Waals surface area contributed by atoms with E-state index in [9.17, 15) is 43.2 Å². The number of alkyl halides is 6. The van der Waals surface area contributed by atoms with Gasteiger partial charge in [0.05, 0.1) is 27.2 Å². The van der Waals surface area contributed by atoms with Gasteiger partial charge >= 0.3 is 11.0 Å². The molecule has 144 valence electrons. The summed E-state index contributed by atoms with van der Waals surface area (Å²) in [5.74, 6) is 0. The van der Waals surface area contributed by atoms with Crippen molar-refractivity contribution in [1.82, 2.24) is 0 Å². The largest absolute Gasteiger partial charge is 0.480 e. The SMILES string of the molecule is C=CC[N+](C)(C)CC=C.O=S(=O)([N-]S(=O)(=O)C(F)(F)F)C(F)(F)F. The van der Waals surface area contributed by atoms with Crippen molar-refractivity contribution in [2.45, 2.75) is 11.0 Å². The molecular formula is C10H16F6N2O4S2. The second kappa shape index (κ2) is 8.31. The first kappa shape index (κ1) is 25.1. The van der Waals surface area contributed by atoms with Gasteiger partial charge in [-0.05, 0) is 12.2 Å². The molecule has 0 heterocycles. The molecule has 0 aliphatic carbocycles. The maximum Gasteiger partial charge on any atom is 0.480 e. The van der Waals surface area contributed by atoms with Gasteiger partial charge in [0.25, 0.3) is 0 Å². The van der Waals surface area contributed by atoms with E-state index in [0.29, 0.717) is 0 Å². The number of nitrogens with zero attached hydrogens (tertiary/aromatic N) is 2. The minimum absolute atomic E-state index is 0.778. The van der Waals surface area contributed by atoms with E-state index >= 15 is 0 Å². The third-order valence-electron chi connectivity index (χ3n) is 2.03. The summed E-state index contributed by atoms with van der Waals surface area (Å²) in [6, 6.07) is 0. The Labute approximate surface area is 136 Å². The summed E-state index contributed by atoms with van der Waals surface area (Å²) in [6.07, 6.45) is 3.87. The summed E-state index contributed by atoms with van der Waals surface area (Å²) in [6.45, 7) is 9.37. The van der Waals surface area contributed by atoms with Crippen LogP contribution >= 0.6 is 0 Å². The van der Waals surface area contributed by atoms with Gasteiger partial charge in [0, 0.05) is 0 Å². The van der Waals surface area contributed by atoms with Gasteiger partial charge in [-0.15, -0.1) is 0 Å². The summed E-state index contributed by atoms with van der Waals surface area (Å²) >= 11 is 0. The third kappa shape index (κ3) is 8.65. The van der Waals surface area contributed by atoms with Crippen LogP contribution in [0.4, 0.5) is 26.3 Å². The fourth-order valence-electron chi connectivity index (χ4n) is 0.987. The first-order valence-electron chi connectivity index (χ1n) is 5.73. The van der Waals surface area contributed by atoms with Crippen LogP contribution in [-0.4, -0.2) is 59.5 Å². The Balaban J connectivity index is 0. The monoisotopic (exact) mass is 406 g/mol. The first-order chi connectivity index (χ1) is 10.3. The van der Waals surface area contributed by atoms with Crippen LogP contribution in [0.15, 0.2) is 25.3 Å². The fourth-order valence-corrected chi connectivity index (χ4v) is 2.70. The summed E-state index contributed by atoms with van der Waals surface area (Å²) in [5, 5.41) is 0. The van der Waals surface area contributed by atoms with Crippen molar-refractivity contribution in [1.29, 1.82) is 0 Å². The van der Waals surface area contributed by atoms with Gasteiger partial charge in [0.2, 0.25) is 0 Å². The van der Waals surface area contributed by atoms with Crippen LogP contribution in [0.25, 0.3) is 4.13 Å². The lowest BCUT2D eigenvalue weighted by atomic mass is 10.4. The van der Waals surface area contributed by atoms with Crippen LogP contribution < -0.4 is 0 Å². The molecule has 0 aliphatic rings. The molecule has 14 heteroatoms. The van der Waals surface area contributed by atoms with Crippen LogP contribution in [0.2, 0.25) is 0 Å². The number of rotatable bonds is 6. The number of sulfonamides is 2. The highest BCUT2D eigenvalue weighted by Gasteiger charge is 2.46. The standard InChI is InChI=1S/C8H16N.C2F6NO4S2/c1-5-7-9(3,4)8-6-2;3-1(4,5)14(10,11)9-15(12,13)2(6,7)8/h5-6H,1-2,7-8H2,3-4H3;/q+1;-1. The molecule has 0 atom stereocenters. The average Bonchev–Trinajstić information content (AvgIpc) is 2.24. The average molecular weight is 406 g/mol. The highest BCUT2D eigenvalue weighted by atomic mass is 32.3. The lowest BCUT2D eigenvalue weighted by molar-refractivity contribution is -0.878. The van der Waals surface area contributed by atoms with Crippen molar-refractivity contribution in [2.75, 3.05) is 27.2 Å². The van der Waals surface area contributed by atoms with Crippen LogP contribution in [0.3, 0.4) is 0 Å². The predicted molar refractivity (Wildman–Crippen MR) is 75.5 cm³/mol. The van der Waals surface area contributed by atoms with Crippen LogP contribution in [0.1, 0.15) is 0 Å². The Morgan fingerprint density at radius 2 is 1.08 bits per heavy atom.